The Kier molecular flexibility index (Phi) is 42.1. The van der Waals surface area contributed by atoms with E-state index in [0.717, 1.165) is 35.8 Å². The fourth-order valence-electron chi connectivity index (χ4n) is 7.35. The molecule has 0 aliphatic carbocycles. The summed E-state index contributed by atoms with van der Waals surface area (Å²) in [7, 11) is -4.74. The predicted molar refractivity (Wildman–Crippen MR) is 388 cm³/mol. The molecule has 6 N–H and O–H groups in total. The summed E-state index contributed by atoms with van der Waals surface area (Å²) >= 11 is 12.6. The summed E-state index contributed by atoms with van der Waals surface area (Å²) in [6, 6.07) is 20.1. The zero-order valence-electron chi connectivity index (χ0n) is 53.6. The van der Waals surface area contributed by atoms with Crippen molar-refractivity contribution in [3.63, 3.8) is 0 Å². The number of halogens is 4. The van der Waals surface area contributed by atoms with Crippen LogP contribution in [0.2, 0.25) is 0 Å². The Labute approximate surface area is 620 Å². The number of aromatic nitrogens is 6. The number of aliphatic hydroxyl groups is 1. The predicted octanol–water partition coefficient (Wildman–Crippen LogP) is 11.1. The fourth-order valence-corrected chi connectivity index (χ4v) is 10.3. The van der Waals surface area contributed by atoms with Gasteiger partial charge in [0.15, 0.2) is 74.7 Å². The number of aromatic amines is 1. The third-order valence-electron chi connectivity index (χ3n) is 11.1. The van der Waals surface area contributed by atoms with Crippen LogP contribution in [0.4, 0.5) is 11.6 Å². The standard InChI is InChI=1S/C18H19BrN2O6S.C12H18O5S.C10H12O3.C6H3BrN2O2.C5H3BrN2O3.C5H5BrN2O.C2H6O2S.2CH4.CH3.W/c1-4-26-15-7-11(5-6-14(15)25-2)13(10-28(3,23)24)21-17-16(27-18(21)22)8-12(19)9-20-17;1-4-17-12-7-9(5-6-11(12)16-2)10(13)8-18(3,14)15;1-3-13-10-6-8(7-11)4-5-9(10)12-2;7-3-1-4-5(8-2-3)9-6(10)11-4;6-3-1-4(9)5(7-2-3)8(10)11;6-3-1-4(9)5(7)8-2-3;1-5(2,3)4;;;;/h5-9,13H,4,10H2,1-3H3;5-7,10,13H,4,8H2,1-3H3;4-7H,3H2,1-2H3;1-2H,(H,8,9,10);1-2,9H;1-2,9H,(H2,7,8);1-2H3;2*1H4;1H3;/q;;;;;;;;;-1;. The molecule has 0 amide bonds. The molecule has 0 radical (unpaired) electrons. The summed E-state index contributed by atoms with van der Waals surface area (Å²) in [5, 5.41) is 37.7. The maximum atomic E-state index is 12.6. The number of nitrogens with one attached hydrogen (secondary N) is 1. The van der Waals surface area contributed by atoms with Crippen molar-refractivity contribution in [3.05, 3.63) is 177 Å². The molecule has 99 heavy (non-hydrogen) atoms. The van der Waals surface area contributed by atoms with Crippen LogP contribution in [0.5, 0.6) is 46.0 Å². The van der Waals surface area contributed by atoms with Crippen molar-refractivity contribution in [2.24, 2.45) is 0 Å². The largest absolute Gasteiger partial charge is 0.504 e. The van der Waals surface area contributed by atoms with Crippen LogP contribution in [-0.4, -0.2) is 159 Å². The van der Waals surface area contributed by atoms with Gasteiger partial charge in [-0.1, -0.05) is 27.0 Å². The molecule has 0 saturated carbocycles. The molecule has 0 saturated heterocycles. The molecule has 2 unspecified atom stereocenters. The Morgan fingerprint density at radius 2 is 1.05 bits per heavy atom. The van der Waals surface area contributed by atoms with Crippen LogP contribution in [0.1, 0.15) is 69.3 Å². The zero-order valence-corrected chi connectivity index (χ0v) is 65.3. The van der Waals surface area contributed by atoms with Gasteiger partial charge in [0.05, 0.1) is 69.3 Å². The topological polar surface area (TPSA) is 437 Å². The summed E-state index contributed by atoms with van der Waals surface area (Å²) in [5.41, 5.74) is 8.30. The normalized spacial score (nSPS) is 10.9. The van der Waals surface area contributed by atoms with Gasteiger partial charge < -0.3 is 75.8 Å². The maximum Gasteiger partial charge on any atom is 0.421 e. The molecule has 6 aromatic heterocycles. The average Bonchev–Trinajstić information content (AvgIpc) is 1.66. The molecule has 0 bridgehead atoms. The molecule has 2 atom stereocenters. The van der Waals surface area contributed by atoms with Gasteiger partial charge in [-0.3, -0.25) is 9.78 Å². The zero-order chi connectivity index (χ0) is 71.5. The van der Waals surface area contributed by atoms with Gasteiger partial charge >= 0.3 is 17.3 Å². The van der Waals surface area contributed by atoms with E-state index in [-0.39, 0.29) is 77.6 Å². The smallest absolute Gasteiger partial charge is 0.421 e. The van der Waals surface area contributed by atoms with Crippen molar-refractivity contribution in [3.8, 4) is 46.0 Å². The number of fused-ring (bicyclic) bond motifs is 2. The van der Waals surface area contributed by atoms with E-state index >= 15 is 0 Å². The monoisotopic (exact) mass is 1870 g/mol. The molecule has 0 aliphatic heterocycles. The third-order valence-corrected chi connectivity index (χ3v) is 14.7. The summed E-state index contributed by atoms with van der Waals surface area (Å²) in [5.74, 6) is 0.642. The molecule has 0 fully saturated rings. The second-order valence-electron chi connectivity index (χ2n) is 19.0. The van der Waals surface area contributed by atoms with E-state index in [4.69, 9.17) is 53.2 Å². The van der Waals surface area contributed by atoms with Crippen LogP contribution >= 0.6 is 63.7 Å². The number of benzene rings is 3. The first-order chi connectivity index (χ1) is 44.5. The van der Waals surface area contributed by atoms with Gasteiger partial charge in [-0.25, -0.2) is 54.4 Å². The minimum atomic E-state index is -3.44. The second-order valence-corrected chi connectivity index (χ2v) is 29.4. The number of nitrogens with zero attached hydrogens (tertiary/aromatic N) is 6. The number of methoxy groups -OCH3 is 3. The summed E-state index contributed by atoms with van der Waals surface area (Å²) < 4.78 is 111. The first kappa shape index (κ1) is 93.5. The van der Waals surface area contributed by atoms with Crippen molar-refractivity contribution in [1.29, 1.82) is 0 Å². The van der Waals surface area contributed by atoms with Gasteiger partial charge in [0, 0.05) is 102 Å². The Hall–Kier alpha value is -7.51. The van der Waals surface area contributed by atoms with E-state index in [9.17, 15) is 54.9 Å². The van der Waals surface area contributed by atoms with E-state index in [1.54, 1.807) is 80.0 Å². The number of oxazole rings is 2. The molecular weight excluding hydrogens is 1800 g/mol. The number of carbonyl (C=O) groups excluding carboxylic acids is 1. The molecule has 30 nitrogen and oxygen atoms in total. The fraction of sp³-hybridized carbons (Fsp3) is 0.311. The summed E-state index contributed by atoms with van der Waals surface area (Å²) in [6.45, 7) is 6.96. The number of sulfone groups is 3. The number of anilines is 1. The van der Waals surface area contributed by atoms with Gasteiger partial charge in [0.2, 0.25) is 5.75 Å². The Morgan fingerprint density at radius 3 is 1.49 bits per heavy atom. The number of nitrogens with two attached hydrogens (primary N) is 1. The second kappa shape index (κ2) is 44.6. The molecule has 0 spiro atoms. The molecule has 3 aromatic carbocycles. The molecule has 0 aliphatic rings. The average molecular weight is 1870 g/mol. The SMILES string of the molecule is C.C.CCOc1cc(C(CS(C)(=O)=O)n2c(=O)oc3cc(Br)cnc32)ccc1OC.CCOc1cc(C(O)CS(C)(=O)=O)ccc1OC.CCOc1cc(C=O)ccc1OC.CS(C)(=O)=O.Nc1ncc(Br)cc1O.O=[N+]([O-])c1ncc(Br)cc1O.O=c1[nH]c2ncc(Br)cc2o1.[CH3-].[W]. The number of nitro groups is 1. The van der Waals surface area contributed by atoms with Crippen LogP contribution in [0.25, 0.3) is 22.5 Å². The number of ether oxygens (including phenoxy) is 6. The van der Waals surface area contributed by atoms with Crippen molar-refractivity contribution < 1.29 is 109 Å². The van der Waals surface area contributed by atoms with E-state index in [0.29, 0.717) is 95.7 Å². The molecule has 38 heteroatoms. The molecule has 546 valence electrons. The minimum absolute atomic E-state index is 0. The van der Waals surface area contributed by atoms with Crippen LogP contribution in [0, 0.1) is 17.5 Å². The Bertz CT molecular complexity index is 4520. The van der Waals surface area contributed by atoms with Crippen molar-refractivity contribution >= 4 is 134 Å². The summed E-state index contributed by atoms with van der Waals surface area (Å²) in [6.07, 6.45) is 10.1. The van der Waals surface area contributed by atoms with E-state index < -0.39 is 69.7 Å². The number of hydrogen-bond donors (Lipinski definition) is 5. The van der Waals surface area contributed by atoms with Crippen molar-refractivity contribution in [2.75, 3.05) is 83.4 Å². The van der Waals surface area contributed by atoms with Crippen molar-refractivity contribution in [1.82, 2.24) is 29.5 Å². The van der Waals surface area contributed by atoms with Gasteiger partial charge in [0.25, 0.3) is 0 Å². The maximum absolute atomic E-state index is 12.6. The number of H-pyrrole nitrogens is 1. The first-order valence-corrected chi connectivity index (χ1v) is 36.5. The van der Waals surface area contributed by atoms with Crippen molar-refractivity contribution in [2.45, 2.75) is 47.8 Å². The van der Waals surface area contributed by atoms with E-state index in [2.05, 4.69) is 88.6 Å². The Balaban J connectivity index is 0. The number of rotatable bonds is 18. The number of hydrogen-bond acceptors (Lipinski definition) is 27. The number of nitrogen functional groups attached to an aromatic ring is 1. The third kappa shape index (κ3) is 33.0. The van der Waals surface area contributed by atoms with Crippen LogP contribution < -0.4 is 45.7 Å². The van der Waals surface area contributed by atoms with Gasteiger partial charge in [-0.05, 0) is 154 Å². The molecule has 9 rings (SSSR count). The van der Waals surface area contributed by atoms with E-state index in [1.165, 1.54) is 49.5 Å². The van der Waals surface area contributed by atoms with Gasteiger partial charge in [0.1, 0.15) is 35.8 Å². The quantitative estimate of drug-likeness (QED) is 0.0230. The Morgan fingerprint density at radius 1 is 0.626 bits per heavy atom. The van der Waals surface area contributed by atoms with Gasteiger partial charge in [-0.15, -0.1) is 0 Å². The first-order valence-electron chi connectivity index (χ1n) is 26.9. The van der Waals surface area contributed by atoms with Crippen LogP contribution in [0.15, 0.2) is 140 Å². The van der Waals surface area contributed by atoms with Crippen LogP contribution in [0.3, 0.4) is 0 Å². The van der Waals surface area contributed by atoms with Crippen LogP contribution in [-0.2, 0) is 50.6 Å². The van der Waals surface area contributed by atoms with Gasteiger partial charge in [-0.2, -0.15) is 0 Å². The number of aliphatic hydroxyl groups excluding tert-OH is 1. The number of pyridine rings is 4. The minimum Gasteiger partial charge on any atom is -0.504 e. The summed E-state index contributed by atoms with van der Waals surface area (Å²) in [4.78, 5) is 60.6. The van der Waals surface area contributed by atoms with E-state index in [1.807, 2.05) is 20.8 Å². The molecule has 6 heterocycles. The molecule has 9 aromatic rings. The number of aromatic hydroxyl groups is 2. The molecular formula is C61H77Br4N8O22S3W-. The number of carbonyl (C=O) groups is 1. The number of aldehydes is 1.